The number of amides is 1. The van der Waals surface area contributed by atoms with Crippen molar-refractivity contribution >= 4 is 69.4 Å². The zero-order chi connectivity index (χ0) is 19.6. The van der Waals surface area contributed by atoms with Gasteiger partial charge in [0, 0.05) is 31.2 Å². The summed E-state index contributed by atoms with van der Waals surface area (Å²) in [6.07, 6.45) is 0. The molecule has 0 aliphatic carbocycles. The van der Waals surface area contributed by atoms with Crippen molar-refractivity contribution in [1.82, 2.24) is 4.90 Å². The van der Waals surface area contributed by atoms with Crippen LogP contribution in [0.25, 0.3) is 0 Å². The molecule has 3 N–H and O–H groups in total. The number of rotatable bonds is 3. The molecule has 0 saturated carbocycles. The number of carbonyl (C=O) groups excluding carboxylic acids is 1. The SMILES string of the molecule is NC(=S)Nc1cccc(Cl)c1N1CCN(C(=O)c2ccc(Cl)cc2Cl)CC1. The van der Waals surface area contributed by atoms with Gasteiger partial charge in [-0.25, -0.2) is 0 Å². The van der Waals surface area contributed by atoms with Gasteiger partial charge in [-0.15, -0.1) is 0 Å². The number of nitrogens with zero attached hydrogens (tertiary/aromatic N) is 2. The maximum Gasteiger partial charge on any atom is 0.255 e. The number of hydrogen-bond donors (Lipinski definition) is 2. The molecule has 0 spiro atoms. The molecule has 1 aliphatic rings. The fourth-order valence-corrected chi connectivity index (χ4v) is 3.93. The molecule has 1 amide bonds. The number of carbonyl (C=O) groups is 1. The van der Waals surface area contributed by atoms with Crippen molar-refractivity contribution in [3.8, 4) is 0 Å². The Bertz CT molecular complexity index is 885. The van der Waals surface area contributed by atoms with Crippen LogP contribution in [0.3, 0.4) is 0 Å². The first-order chi connectivity index (χ1) is 12.9. The fourth-order valence-electron chi connectivity index (χ4n) is 3.04. The Morgan fingerprint density at radius 1 is 1.04 bits per heavy atom. The van der Waals surface area contributed by atoms with Crippen molar-refractivity contribution < 1.29 is 4.79 Å². The normalized spacial score (nSPS) is 14.2. The molecule has 2 aromatic rings. The largest absolute Gasteiger partial charge is 0.376 e. The van der Waals surface area contributed by atoms with Crippen LogP contribution in [0.1, 0.15) is 10.4 Å². The summed E-state index contributed by atoms with van der Waals surface area (Å²) in [7, 11) is 0. The van der Waals surface area contributed by atoms with E-state index in [-0.39, 0.29) is 11.0 Å². The lowest BCUT2D eigenvalue weighted by Gasteiger charge is -2.37. The van der Waals surface area contributed by atoms with E-state index in [1.807, 2.05) is 18.2 Å². The van der Waals surface area contributed by atoms with Crippen molar-refractivity contribution in [2.24, 2.45) is 5.73 Å². The van der Waals surface area contributed by atoms with Crippen LogP contribution in [-0.2, 0) is 0 Å². The summed E-state index contributed by atoms with van der Waals surface area (Å²) in [4.78, 5) is 16.6. The second-order valence-electron chi connectivity index (χ2n) is 6.03. The van der Waals surface area contributed by atoms with Gasteiger partial charge in [-0.1, -0.05) is 40.9 Å². The van der Waals surface area contributed by atoms with E-state index in [0.717, 1.165) is 11.4 Å². The topological polar surface area (TPSA) is 61.6 Å². The van der Waals surface area contributed by atoms with Gasteiger partial charge in [-0.05, 0) is 42.5 Å². The first-order valence-electron chi connectivity index (χ1n) is 8.21. The highest BCUT2D eigenvalue weighted by Gasteiger charge is 2.26. The number of benzene rings is 2. The fraction of sp³-hybridized carbons (Fsp3) is 0.222. The van der Waals surface area contributed by atoms with Crippen LogP contribution in [0.15, 0.2) is 36.4 Å². The first kappa shape index (κ1) is 20.0. The lowest BCUT2D eigenvalue weighted by atomic mass is 10.1. The predicted molar refractivity (Wildman–Crippen MR) is 116 cm³/mol. The maximum atomic E-state index is 12.8. The van der Waals surface area contributed by atoms with E-state index in [1.54, 1.807) is 23.1 Å². The molecule has 3 rings (SSSR count). The average molecular weight is 444 g/mol. The van der Waals surface area contributed by atoms with E-state index in [2.05, 4.69) is 10.2 Å². The summed E-state index contributed by atoms with van der Waals surface area (Å²) in [5.74, 6) is -0.114. The van der Waals surface area contributed by atoms with Crippen molar-refractivity contribution in [3.05, 3.63) is 57.0 Å². The summed E-state index contributed by atoms with van der Waals surface area (Å²) in [6.45, 7) is 2.31. The van der Waals surface area contributed by atoms with Gasteiger partial charge < -0.3 is 20.9 Å². The predicted octanol–water partition coefficient (Wildman–Crippen LogP) is 4.26. The van der Waals surface area contributed by atoms with E-state index >= 15 is 0 Å². The van der Waals surface area contributed by atoms with Gasteiger partial charge in [0.2, 0.25) is 0 Å². The van der Waals surface area contributed by atoms with Gasteiger partial charge in [0.15, 0.2) is 5.11 Å². The molecule has 0 atom stereocenters. The van der Waals surface area contributed by atoms with Crippen molar-refractivity contribution in [1.29, 1.82) is 0 Å². The van der Waals surface area contributed by atoms with E-state index in [1.165, 1.54) is 0 Å². The second-order valence-corrected chi connectivity index (χ2v) is 7.72. The van der Waals surface area contributed by atoms with Gasteiger partial charge >= 0.3 is 0 Å². The average Bonchev–Trinajstić information content (AvgIpc) is 2.61. The molecule has 0 unspecified atom stereocenters. The summed E-state index contributed by atoms with van der Waals surface area (Å²) in [5, 5.41) is 4.57. The van der Waals surface area contributed by atoms with Gasteiger partial charge in [-0.3, -0.25) is 4.79 Å². The smallest absolute Gasteiger partial charge is 0.255 e. The molecule has 1 heterocycles. The number of halogens is 3. The summed E-state index contributed by atoms with van der Waals surface area (Å²) in [6, 6.07) is 10.4. The molecule has 27 heavy (non-hydrogen) atoms. The zero-order valence-corrected chi connectivity index (χ0v) is 17.3. The Balaban J connectivity index is 1.74. The quantitative estimate of drug-likeness (QED) is 0.694. The third kappa shape index (κ3) is 4.58. The summed E-state index contributed by atoms with van der Waals surface area (Å²) in [5.41, 5.74) is 7.62. The molecule has 0 aromatic heterocycles. The van der Waals surface area contributed by atoms with Crippen LogP contribution in [0, 0.1) is 0 Å². The number of nitrogens with one attached hydrogen (secondary N) is 1. The molecule has 0 radical (unpaired) electrons. The molecule has 142 valence electrons. The van der Waals surface area contributed by atoms with Gasteiger partial charge in [0.05, 0.1) is 27.0 Å². The highest BCUT2D eigenvalue weighted by atomic mass is 35.5. The van der Waals surface area contributed by atoms with Gasteiger partial charge in [0.25, 0.3) is 5.91 Å². The number of anilines is 2. The molecule has 1 aliphatic heterocycles. The molecule has 0 bridgehead atoms. The van der Waals surface area contributed by atoms with Crippen LogP contribution < -0.4 is 16.0 Å². The third-order valence-electron chi connectivity index (χ3n) is 4.29. The number of piperazine rings is 1. The third-order valence-corrected chi connectivity index (χ3v) is 5.24. The minimum atomic E-state index is -0.114. The lowest BCUT2D eigenvalue weighted by Crippen LogP contribution is -2.49. The maximum absolute atomic E-state index is 12.8. The molecule has 5 nitrogen and oxygen atoms in total. The molecule has 1 fully saturated rings. The van der Waals surface area contributed by atoms with E-state index in [4.69, 9.17) is 52.8 Å². The number of para-hydroxylation sites is 1. The number of nitrogens with two attached hydrogens (primary N) is 1. The summed E-state index contributed by atoms with van der Waals surface area (Å²) < 4.78 is 0. The van der Waals surface area contributed by atoms with Gasteiger partial charge in [-0.2, -0.15) is 0 Å². The Hall–Kier alpha value is -1.73. The molecular weight excluding hydrogens is 427 g/mol. The van der Waals surface area contributed by atoms with Crippen LogP contribution in [0.5, 0.6) is 0 Å². The Labute approximate surface area is 178 Å². The standard InChI is InChI=1S/C18H17Cl3N4OS/c19-11-4-5-12(14(21)10-11)17(26)25-8-6-24(7-9-25)16-13(20)2-1-3-15(16)23-18(22)27/h1-5,10H,6-9H2,(H3,22,23,27). The molecule has 9 heteroatoms. The highest BCUT2D eigenvalue weighted by molar-refractivity contribution is 7.80. The first-order valence-corrected chi connectivity index (χ1v) is 9.75. The van der Waals surface area contributed by atoms with Crippen molar-refractivity contribution in [2.75, 3.05) is 36.4 Å². The van der Waals surface area contributed by atoms with E-state index < -0.39 is 0 Å². The zero-order valence-electron chi connectivity index (χ0n) is 14.2. The monoisotopic (exact) mass is 442 g/mol. The Morgan fingerprint density at radius 2 is 1.74 bits per heavy atom. The molecule has 1 saturated heterocycles. The van der Waals surface area contributed by atoms with Crippen molar-refractivity contribution in [3.63, 3.8) is 0 Å². The molecular formula is C18H17Cl3N4OS. The van der Waals surface area contributed by atoms with Crippen LogP contribution in [0.4, 0.5) is 11.4 Å². The van der Waals surface area contributed by atoms with E-state index in [9.17, 15) is 4.79 Å². The van der Waals surface area contributed by atoms with Crippen molar-refractivity contribution in [2.45, 2.75) is 0 Å². The second kappa shape index (κ2) is 8.52. The van der Waals surface area contributed by atoms with Crippen LogP contribution >= 0.6 is 47.0 Å². The van der Waals surface area contributed by atoms with Gasteiger partial charge in [0.1, 0.15) is 0 Å². The lowest BCUT2D eigenvalue weighted by molar-refractivity contribution is 0.0747. The minimum Gasteiger partial charge on any atom is -0.376 e. The number of thiocarbonyl (C=S) groups is 1. The van der Waals surface area contributed by atoms with E-state index in [0.29, 0.717) is 46.8 Å². The molecule has 2 aromatic carbocycles. The minimum absolute atomic E-state index is 0.114. The Morgan fingerprint density at radius 3 is 2.37 bits per heavy atom. The van der Waals surface area contributed by atoms with Crippen LogP contribution in [-0.4, -0.2) is 42.1 Å². The van der Waals surface area contributed by atoms with Crippen LogP contribution in [0.2, 0.25) is 15.1 Å². The number of hydrogen-bond acceptors (Lipinski definition) is 3. The Kier molecular flexibility index (Phi) is 6.32. The summed E-state index contributed by atoms with van der Waals surface area (Å²) >= 11 is 23.4. The highest BCUT2D eigenvalue weighted by Crippen LogP contribution is 2.34.